The summed E-state index contributed by atoms with van der Waals surface area (Å²) in [5.74, 6) is -0.317. The number of halogens is 1. The maximum atomic E-state index is 13.1. The zero-order valence-electron chi connectivity index (χ0n) is 13.8. The molecule has 0 bridgehead atoms. The smallest absolute Gasteiger partial charge is 0.251 e. The van der Waals surface area contributed by atoms with E-state index in [4.69, 9.17) is 0 Å². The lowest BCUT2D eigenvalue weighted by Crippen LogP contribution is -2.26. The molecule has 126 valence electrons. The Labute approximate surface area is 142 Å². The van der Waals surface area contributed by atoms with Crippen molar-refractivity contribution in [2.75, 3.05) is 19.6 Å². The number of benzene rings is 2. The Kier molecular flexibility index (Phi) is 5.59. The number of amides is 1. The molecule has 3 rings (SSSR count). The largest absolute Gasteiger partial charge is 0.352 e. The Hall–Kier alpha value is -2.20. The third kappa shape index (κ3) is 4.65. The number of likely N-dealkylation sites (tertiary alicyclic amines) is 1. The molecule has 0 saturated carbocycles. The van der Waals surface area contributed by atoms with Gasteiger partial charge in [-0.3, -0.25) is 9.69 Å². The molecule has 1 aliphatic rings. The first kappa shape index (κ1) is 16.7. The molecule has 1 heterocycles. The van der Waals surface area contributed by atoms with Gasteiger partial charge in [0, 0.05) is 18.7 Å². The van der Waals surface area contributed by atoms with Gasteiger partial charge in [0.15, 0.2) is 0 Å². The molecule has 1 saturated heterocycles. The fourth-order valence-corrected chi connectivity index (χ4v) is 3.12. The normalized spacial score (nSPS) is 14.7. The van der Waals surface area contributed by atoms with E-state index in [1.807, 2.05) is 24.3 Å². The molecule has 1 N–H and O–H groups in total. The van der Waals surface area contributed by atoms with Crippen LogP contribution >= 0.6 is 0 Å². The highest BCUT2D eigenvalue weighted by atomic mass is 19.1. The van der Waals surface area contributed by atoms with E-state index in [-0.39, 0.29) is 11.7 Å². The van der Waals surface area contributed by atoms with Crippen LogP contribution in [0, 0.1) is 5.82 Å². The van der Waals surface area contributed by atoms with Gasteiger partial charge >= 0.3 is 0 Å². The van der Waals surface area contributed by atoms with E-state index in [0.29, 0.717) is 18.5 Å². The van der Waals surface area contributed by atoms with Crippen molar-refractivity contribution in [2.24, 2.45) is 0 Å². The fourth-order valence-electron chi connectivity index (χ4n) is 3.12. The number of rotatable bonds is 6. The molecule has 1 fully saturated rings. The minimum atomic E-state index is -0.242. The molecule has 2 aromatic carbocycles. The summed E-state index contributed by atoms with van der Waals surface area (Å²) < 4.78 is 13.1. The molecular formula is C20H23FN2O. The van der Waals surface area contributed by atoms with E-state index in [0.717, 1.165) is 25.2 Å². The van der Waals surface area contributed by atoms with Crippen molar-refractivity contribution in [2.45, 2.75) is 25.8 Å². The summed E-state index contributed by atoms with van der Waals surface area (Å²) in [4.78, 5) is 14.7. The summed E-state index contributed by atoms with van der Waals surface area (Å²) in [7, 11) is 0. The lowest BCUT2D eigenvalue weighted by atomic mass is 10.1. The van der Waals surface area contributed by atoms with Crippen molar-refractivity contribution in [1.82, 2.24) is 10.2 Å². The van der Waals surface area contributed by atoms with Crippen LogP contribution in [0.25, 0.3) is 0 Å². The van der Waals surface area contributed by atoms with Gasteiger partial charge in [-0.2, -0.15) is 0 Å². The van der Waals surface area contributed by atoms with Crippen LogP contribution in [-0.2, 0) is 13.0 Å². The third-order valence-electron chi connectivity index (χ3n) is 4.38. The Balaban J connectivity index is 1.52. The summed E-state index contributed by atoms with van der Waals surface area (Å²) in [5.41, 5.74) is 2.75. The van der Waals surface area contributed by atoms with E-state index in [1.165, 1.54) is 30.5 Å². The number of nitrogens with zero attached hydrogens (tertiary/aromatic N) is 1. The topological polar surface area (TPSA) is 32.3 Å². The Morgan fingerprint density at radius 1 is 1.04 bits per heavy atom. The maximum absolute atomic E-state index is 13.1. The number of carbonyl (C=O) groups is 1. The number of carbonyl (C=O) groups excluding carboxylic acids is 1. The summed E-state index contributed by atoms with van der Waals surface area (Å²) >= 11 is 0. The second-order valence-corrected chi connectivity index (χ2v) is 6.32. The molecule has 0 radical (unpaired) electrons. The van der Waals surface area contributed by atoms with Gasteiger partial charge in [-0.25, -0.2) is 4.39 Å². The van der Waals surface area contributed by atoms with Crippen molar-refractivity contribution in [3.63, 3.8) is 0 Å². The standard InChI is InChI=1S/C20H23FN2O/c21-19-8-4-5-16(14-19)9-10-22-20(24)18-7-3-6-17(13-18)15-23-11-1-2-12-23/h3-8,13-14H,1-2,9-12,15H2,(H,22,24). The molecule has 24 heavy (non-hydrogen) atoms. The van der Waals surface area contributed by atoms with Crippen LogP contribution in [0.5, 0.6) is 0 Å². The van der Waals surface area contributed by atoms with Gasteiger partial charge in [-0.1, -0.05) is 24.3 Å². The lowest BCUT2D eigenvalue weighted by molar-refractivity contribution is 0.0954. The molecular weight excluding hydrogens is 303 g/mol. The zero-order chi connectivity index (χ0) is 16.8. The van der Waals surface area contributed by atoms with Crippen molar-refractivity contribution < 1.29 is 9.18 Å². The molecule has 0 aliphatic carbocycles. The van der Waals surface area contributed by atoms with Gasteiger partial charge in [0.2, 0.25) is 0 Å². The van der Waals surface area contributed by atoms with Crippen LogP contribution in [0.2, 0.25) is 0 Å². The average molecular weight is 326 g/mol. The summed E-state index contributed by atoms with van der Waals surface area (Å²) in [6, 6.07) is 14.3. The van der Waals surface area contributed by atoms with Gasteiger partial charge < -0.3 is 5.32 Å². The van der Waals surface area contributed by atoms with Crippen LogP contribution in [0.1, 0.15) is 34.3 Å². The quantitative estimate of drug-likeness (QED) is 0.882. The molecule has 1 aliphatic heterocycles. The first-order chi connectivity index (χ1) is 11.7. The minimum Gasteiger partial charge on any atom is -0.352 e. The highest BCUT2D eigenvalue weighted by Crippen LogP contribution is 2.14. The molecule has 0 aromatic heterocycles. The number of hydrogen-bond donors (Lipinski definition) is 1. The highest BCUT2D eigenvalue weighted by molar-refractivity contribution is 5.94. The Morgan fingerprint density at radius 2 is 1.79 bits per heavy atom. The molecule has 1 amide bonds. The van der Waals surface area contributed by atoms with Gasteiger partial charge in [0.25, 0.3) is 5.91 Å². The van der Waals surface area contributed by atoms with Crippen LogP contribution in [-0.4, -0.2) is 30.4 Å². The van der Waals surface area contributed by atoms with E-state index >= 15 is 0 Å². The minimum absolute atomic E-state index is 0.0744. The first-order valence-electron chi connectivity index (χ1n) is 8.55. The SMILES string of the molecule is O=C(NCCc1cccc(F)c1)c1cccc(CN2CCCC2)c1. The Morgan fingerprint density at radius 3 is 2.58 bits per heavy atom. The van der Waals surface area contributed by atoms with E-state index in [9.17, 15) is 9.18 Å². The highest BCUT2D eigenvalue weighted by Gasteiger charge is 2.13. The number of nitrogens with one attached hydrogen (secondary N) is 1. The van der Waals surface area contributed by atoms with Crippen molar-refractivity contribution in [1.29, 1.82) is 0 Å². The summed E-state index contributed by atoms with van der Waals surface area (Å²) in [6.45, 7) is 3.69. The monoisotopic (exact) mass is 326 g/mol. The molecule has 4 heteroatoms. The molecule has 0 atom stereocenters. The van der Waals surface area contributed by atoms with Crippen molar-refractivity contribution in [3.05, 3.63) is 71.0 Å². The van der Waals surface area contributed by atoms with E-state index in [2.05, 4.69) is 16.3 Å². The van der Waals surface area contributed by atoms with Gasteiger partial charge in [0.1, 0.15) is 5.82 Å². The lowest BCUT2D eigenvalue weighted by Gasteiger charge is -2.15. The van der Waals surface area contributed by atoms with E-state index in [1.54, 1.807) is 6.07 Å². The second kappa shape index (κ2) is 8.06. The maximum Gasteiger partial charge on any atom is 0.251 e. The molecule has 0 unspecified atom stereocenters. The number of hydrogen-bond acceptors (Lipinski definition) is 2. The van der Waals surface area contributed by atoms with Gasteiger partial charge in [-0.05, 0) is 67.7 Å². The first-order valence-corrected chi connectivity index (χ1v) is 8.55. The summed E-state index contributed by atoms with van der Waals surface area (Å²) in [5, 5.41) is 2.91. The fraction of sp³-hybridized carbons (Fsp3) is 0.350. The predicted octanol–water partition coefficient (Wildman–Crippen LogP) is 3.39. The van der Waals surface area contributed by atoms with Crippen LogP contribution in [0.4, 0.5) is 4.39 Å². The van der Waals surface area contributed by atoms with Crippen LogP contribution in [0.15, 0.2) is 48.5 Å². The van der Waals surface area contributed by atoms with Gasteiger partial charge in [-0.15, -0.1) is 0 Å². The molecule has 2 aromatic rings. The van der Waals surface area contributed by atoms with Crippen LogP contribution in [0.3, 0.4) is 0 Å². The third-order valence-corrected chi connectivity index (χ3v) is 4.38. The molecule has 3 nitrogen and oxygen atoms in total. The second-order valence-electron chi connectivity index (χ2n) is 6.32. The van der Waals surface area contributed by atoms with E-state index < -0.39 is 0 Å². The Bertz CT molecular complexity index is 696. The zero-order valence-corrected chi connectivity index (χ0v) is 13.8. The van der Waals surface area contributed by atoms with Crippen molar-refractivity contribution >= 4 is 5.91 Å². The average Bonchev–Trinajstić information content (AvgIpc) is 3.08. The predicted molar refractivity (Wildman–Crippen MR) is 93.4 cm³/mol. The van der Waals surface area contributed by atoms with Crippen molar-refractivity contribution in [3.8, 4) is 0 Å². The summed E-state index contributed by atoms with van der Waals surface area (Å²) in [6.07, 6.45) is 3.15. The van der Waals surface area contributed by atoms with Gasteiger partial charge in [0.05, 0.1) is 0 Å². The molecule has 0 spiro atoms. The van der Waals surface area contributed by atoms with Crippen LogP contribution < -0.4 is 5.32 Å².